The van der Waals surface area contributed by atoms with Gasteiger partial charge in [0.2, 0.25) is 0 Å². The predicted molar refractivity (Wildman–Crippen MR) is 82.5 cm³/mol. The van der Waals surface area contributed by atoms with E-state index < -0.39 is 5.23 Å². The summed E-state index contributed by atoms with van der Waals surface area (Å²) >= 11 is 0. The van der Waals surface area contributed by atoms with Crippen LogP contribution in [0.3, 0.4) is 0 Å². The summed E-state index contributed by atoms with van der Waals surface area (Å²) in [6.45, 7) is 4.14. The molecule has 0 aliphatic rings. The summed E-state index contributed by atoms with van der Waals surface area (Å²) in [7, 11) is 0. The van der Waals surface area contributed by atoms with Crippen molar-refractivity contribution in [2.75, 3.05) is 15.9 Å². The number of hydrazone groups is 1. The largest absolute Gasteiger partial charge is 0.769 e. The molecular weight excluding hydrogens is 276 g/mol. The molecule has 1 unspecified atom stereocenters. The summed E-state index contributed by atoms with van der Waals surface area (Å²) in [4.78, 5) is 0. The highest BCUT2D eigenvalue weighted by Crippen LogP contribution is 2.29. The summed E-state index contributed by atoms with van der Waals surface area (Å²) in [5.41, 5.74) is 2.51. The minimum absolute atomic E-state index is 0.150. The summed E-state index contributed by atoms with van der Waals surface area (Å²) in [5.74, 6) is 0.290. The second-order valence-corrected chi connectivity index (χ2v) is 4.76. The monoisotopic (exact) mass is 296 g/mol. The third-order valence-corrected chi connectivity index (χ3v) is 2.93. The molecule has 0 bridgehead atoms. The van der Waals surface area contributed by atoms with Crippen molar-refractivity contribution in [3.8, 4) is 0 Å². The zero-order chi connectivity index (χ0) is 15.8. The molecule has 0 amide bonds. The Morgan fingerprint density at radius 1 is 1.38 bits per heavy atom. The first-order chi connectivity index (χ1) is 9.95. The topological polar surface area (TPSA) is 117 Å². The van der Waals surface area contributed by atoms with Crippen LogP contribution in [-0.4, -0.2) is 16.6 Å². The fourth-order valence-electron chi connectivity index (χ4n) is 1.73. The lowest BCUT2D eigenvalue weighted by Gasteiger charge is -2.37. The van der Waals surface area contributed by atoms with E-state index in [1.54, 1.807) is 6.21 Å². The first kappa shape index (κ1) is 17.2. The van der Waals surface area contributed by atoms with E-state index in [0.717, 1.165) is 25.3 Å². The number of nitrogens with one attached hydrogen (secondary N) is 1. The molecule has 8 nitrogen and oxygen atoms in total. The Bertz CT molecular complexity index is 465. The van der Waals surface area contributed by atoms with E-state index in [9.17, 15) is 10.4 Å². The molecule has 0 spiro atoms. The average Bonchev–Trinajstić information content (AvgIpc) is 2.44. The van der Waals surface area contributed by atoms with Crippen molar-refractivity contribution in [1.29, 1.82) is 0 Å². The van der Waals surface area contributed by atoms with E-state index in [4.69, 9.17) is 10.4 Å². The zero-order valence-electron chi connectivity index (χ0n) is 12.1. The molecule has 1 rings (SSSR count). The lowest BCUT2D eigenvalue weighted by molar-refractivity contribution is 0.0295. The number of nitrogens with zero attached hydrogens (tertiary/aromatic N) is 3. The molecule has 0 heterocycles. The highest BCUT2D eigenvalue weighted by Gasteiger charge is 2.08. The van der Waals surface area contributed by atoms with Gasteiger partial charge in [-0.2, -0.15) is 5.10 Å². The van der Waals surface area contributed by atoms with Gasteiger partial charge in [0.25, 0.3) is 0 Å². The molecule has 0 saturated carbocycles. The zero-order valence-corrected chi connectivity index (χ0v) is 12.1. The van der Waals surface area contributed by atoms with E-state index in [-0.39, 0.29) is 22.3 Å². The molecule has 3 N–H and O–H groups in total. The molecule has 0 aliphatic heterocycles. The first-order valence-electron chi connectivity index (χ1n) is 6.71. The summed E-state index contributed by atoms with van der Waals surface area (Å²) < 4.78 is 0. The molecule has 0 fully saturated rings. The molecule has 0 aliphatic carbocycles. The molecule has 8 heteroatoms. The van der Waals surface area contributed by atoms with Crippen molar-refractivity contribution >= 4 is 23.3 Å². The van der Waals surface area contributed by atoms with Crippen molar-refractivity contribution < 1.29 is 10.4 Å². The maximum Gasteiger partial charge on any atom is 0.121 e. The maximum absolute atomic E-state index is 10.7. The van der Waals surface area contributed by atoms with Crippen molar-refractivity contribution in [3.05, 3.63) is 28.6 Å². The Hall–Kier alpha value is -1.87. The van der Waals surface area contributed by atoms with Gasteiger partial charge in [-0.1, -0.05) is 26.7 Å². The molecule has 0 radical (unpaired) electrons. The highest BCUT2D eigenvalue weighted by atomic mass is 16.8. The van der Waals surface area contributed by atoms with Crippen LogP contribution in [0, 0.1) is 16.3 Å². The normalized spacial score (nSPS) is 12.5. The van der Waals surface area contributed by atoms with Crippen molar-refractivity contribution in [2.45, 2.75) is 33.1 Å². The average molecular weight is 296 g/mol. The molecule has 118 valence electrons. The van der Waals surface area contributed by atoms with Gasteiger partial charge in [0.1, 0.15) is 5.69 Å². The van der Waals surface area contributed by atoms with Crippen LogP contribution >= 0.6 is 0 Å². The van der Waals surface area contributed by atoms with Gasteiger partial charge in [0.05, 0.1) is 5.69 Å². The third kappa shape index (κ3) is 5.56. The van der Waals surface area contributed by atoms with Gasteiger partial charge in [-0.25, -0.2) is 0 Å². The molecule has 1 atom stereocenters. The van der Waals surface area contributed by atoms with Crippen LogP contribution in [0.2, 0.25) is 0 Å². The lowest BCUT2D eigenvalue weighted by atomic mass is 10.1. The van der Waals surface area contributed by atoms with Crippen LogP contribution < -0.4 is 15.9 Å². The van der Waals surface area contributed by atoms with Crippen LogP contribution in [0.4, 0.5) is 17.1 Å². The number of rotatable bonds is 8. The molecule has 0 saturated heterocycles. The van der Waals surface area contributed by atoms with Crippen molar-refractivity contribution in [3.63, 3.8) is 0 Å². The predicted octanol–water partition coefficient (Wildman–Crippen LogP) is 3.30. The van der Waals surface area contributed by atoms with Gasteiger partial charge in [0.15, 0.2) is 0 Å². The Kier molecular flexibility index (Phi) is 6.89. The lowest BCUT2D eigenvalue weighted by Crippen LogP contribution is -2.14. The van der Waals surface area contributed by atoms with E-state index >= 15 is 0 Å². The highest BCUT2D eigenvalue weighted by molar-refractivity contribution is 5.74. The van der Waals surface area contributed by atoms with Gasteiger partial charge >= 0.3 is 0 Å². The molecule has 21 heavy (non-hydrogen) atoms. The number of hydrogen-bond donors (Lipinski definition) is 3. The molecule has 0 aromatic heterocycles. The third-order valence-electron chi connectivity index (χ3n) is 2.93. The van der Waals surface area contributed by atoms with Gasteiger partial charge in [-0.3, -0.25) is 15.8 Å². The number of anilines is 3. The first-order valence-corrected chi connectivity index (χ1v) is 6.71. The second-order valence-electron chi connectivity index (χ2n) is 4.76. The fourth-order valence-corrected chi connectivity index (χ4v) is 1.73. The van der Waals surface area contributed by atoms with Crippen molar-refractivity contribution in [1.82, 2.24) is 0 Å². The van der Waals surface area contributed by atoms with Crippen LogP contribution in [0.5, 0.6) is 0 Å². The standard InChI is InChI=1S/C13H20N4O4/c1-3-4-5-10(2)9-14-15-12-7-6-11(16(18)19)8-13(12)17(20)21/h6-10,15,20-21H,3-5H2,1-2H3/q-2. The van der Waals surface area contributed by atoms with E-state index in [1.165, 1.54) is 12.1 Å². The Morgan fingerprint density at radius 3 is 2.67 bits per heavy atom. The molecular formula is C13H20N4O4-2. The Balaban J connectivity index is 2.76. The quantitative estimate of drug-likeness (QED) is 0.497. The van der Waals surface area contributed by atoms with E-state index in [2.05, 4.69) is 17.5 Å². The van der Waals surface area contributed by atoms with Crippen LogP contribution in [-0.2, 0) is 0 Å². The Morgan fingerprint density at radius 2 is 2.10 bits per heavy atom. The van der Waals surface area contributed by atoms with Gasteiger partial charge < -0.3 is 15.6 Å². The maximum atomic E-state index is 10.7. The summed E-state index contributed by atoms with van der Waals surface area (Å²) in [6.07, 6.45) is 4.96. The molecule has 1 aromatic rings. The number of unbranched alkanes of at least 4 members (excludes halogenated alkanes) is 1. The molecule has 1 aromatic carbocycles. The van der Waals surface area contributed by atoms with Crippen molar-refractivity contribution in [2.24, 2.45) is 11.0 Å². The number of hydrogen-bond acceptors (Lipinski definition) is 8. The SMILES string of the molecule is CCCCC(C)C=NNc1ccc(N([O-])[O-])cc1N(O)O. The van der Waals surface area contributed by atoms with Crippen LogP contribution in [0.25, 0.3) is 0 Å². The van der Waals surface area contributed by atoms with Gasteiger partial charge in [-0.15, -0.1) is 5.23 Å². The second kappa shape index (κ2) is 8.42. The Labute approximate surface area is 123 Å². The van der Waals surface area contributed by atoms with E-state index in [1.807, 2.05) is 6.92 Å². The minimum atomic E-state index is -0.618. The number of benzene rings is 1. The summed E-state index contributed by atoms with van der Waals surface area (Å²) in [6, 6.07) is 3.66. The van der Waals surface area contributed by atoms with Crippen LogP contribution in [0.15, 0.2) is 23.3 Å². The van der Waals surface area contributed by atoms with Crippen LogP contribution in [0.1, 0.15) is 33.1 Å². The summed E-state index contributed by atoms with van der Waals surface area (Å²) in [5, 5.41) is 42.8. The fraction of sp³-hybridized carbons (Fsp3) is 0.462. The van der Waals surface area contributed by atoms with Gasteiger partial charge in [-0.05, 0) is 30.5 Å². The van der Waals surface area contributed by atoms with Gasteiger partial charge in [0, 0.05) is 11.9 Å². The minimum Gasteiger partial charge on any atom is -0.769 e. The van der Waals surface area contributed by atoms with E-state index in [0.29, 0.717) is 5.92 Å². The smallest absolute Gasteiger partial charge is 0.121 e.